The second kappa shape index (κ2) is 8.39. The van der Waals surface area contributed by atoms with Crippen LogP contribution >= 0.6 is 0 Å². The van der Waals surface area contributed by atoms with Crippen LogP contribution in [0.25, 0.3) is 0 Å². The summed E-state index contributed by atoms with van der Waals surface area (Å²) in [5.74, 6) is 5.26. The first-order valence-electron chi connectivity index (χ1n) is 6.44. The maximum absolute atomic E-state index is 11.7. The fraction of sp³-hybridized carbons (Fsp3) is 0.429. The van der Waals surface area contributed by atoms with Crippen molar-refractivity contribution >= 4 is 15.7 Å². The Hall–Kier alpha value is -1.91. The van der Waals surface area contributed by atoms with Gasteiger partial charge in [0, 0.05) is 31.0 Å². The summed E-state index contributed by atoms with van der Waals surface area (Å²) in [6.07, 6.45) is 3.40. The highest BCUT2D eigenvalue weighted by Gasteiger charge is 2.07. The van der Waals surface area contributed by atoms with Gasteiger partial charge in [-0.1, -0.05) is 11.8 Å². The van der Waals surface area contributed by atoms with E-state index in [9.17, 15) is 13.2 Å². The zero-order valence-corrected chi connectivity index (χ0v) is 12.6. The first-order valence-corrected chi connectivity index (χ1v) is 8.50. The third-order valence-corrected chi connectivity index (χ3v) is 3.47. The second-order valence-corrected chi connectivity index (χ2v) is 6.71. The van der Waals surface area contributed by atoms with Crippen LogP contribution in [0.4, 0.5) is 0 Å². The quantitative estimate of drug-likeness (QED) is 0.568. The molecule has 0 unspecified atom stereocenters. The lowest BCUT2D eigenvalue weighted by atomic mass is 10.2. The molecular weight excluding hydrogens is 292 g/mol. The van der Waals surface area contributed by atoms with E-state index in [0.29, 0.717) is 18.4 Å². The number of carbonyl (C=O) groups excluding carboxylic acids is 1. The molecule has 21 heavy (non-hydrogen) atoms. The number of pyridine rings is 1. The van der Waals surface area contributed by atoms with Crippen LogP contribution < -0.4 is 5.32 Å². The van der Waals surface area contributed by atoms with Crippen molar-refractivity contribution in [2.45, 2.75) is 12.8 Å². The van der Waals surface area contributed by atoms with Gasteiger partial charge < -0.3 is 10.4 Å². The fourth-order valence-corrected chi connectivity index (χ4v) is 2.12. The van der Waals surface area contributed by atoms with Gasteiger partial charge in [-0.15, -0.1) is 0 Å². The number of carbonyl (C=O) groups is 1. The van der Waals surface area contributed by atoms with E-state index in [1.54, 1.807) is 12.1 Å². The van der Waals surface area contributed by atoms with Gasteiger partial charge in [-0.3, -0.25) is 4.79 Å². The number of hydrogen-bond acceptors (Lipinski definition) is 5. The van der Waals surface area contributed by atoms with Crippen LogP contribution in [-0.4, -0.2) is 49.6 Å². The fourth-order valence-electron chi connectivity index (χ4n) is 1.45. The normalized spacial score (nSPS) is 10.6. The molecule has 1 aromatic rings. The molecule has 0 aliphatic rings. The maximum atomic E-state index is 11.7. The molecule has 0 saturated carbocycles. The van der Waals surface area contributed by atoms with Gasteiger partial charge in [0.15, 0.2) is 0 Å². The molecule has 0 aliphatic carbocycles. The van der Waals surface area contributed by atoms with E-state index in [-0.39, 0.29) is 30.5 Å². The first-order chi connectivity index (χ1) is 9.92. The summed E-state index contributed by atoms with van der Waals surface area (Å²) in [4.78, 5) is 15.7. The van der Waals surface area contributed by atoms with Gasteiger partial charge in [-0.05, 0) is 18.6 Å². The number of aliphatic hydroxyl groups is 1. The third-order valence-electron chi connectivity index (χ3n) is 2.44. The average Bonchev–Trinajstić information content (AvgIpc) is 2.43. The van der Waals surface area contributed by atoms with Gasteiger partial charge >= 0.3 is 0 Å². The Balaban J connectivity index is 2.47. The topological polar surface area (TPSA) is 96.4 Å². The van der Waals surface area contributed by atoms with Crippen LogP contribution in [0.2, 0.25) is 0 Å². The summed E-state index contributed by atoms with van der Waals surface area (Å²) in [5.41, 5.74) is 0.916. The van der Waals surface area contributed by atoms with Crippen molar-refractivity contribution in [1.82, 2.24) is 10.3 Å². The number of nitrogens with zero attached hydrogens (tertiary/aromatic N) is 1. The van der Waals surface area contributed by atoms with Crippen LogP contribution in [0, 0.1) is 11.8 Å². The predicted molar refractivity (Wildman–Crippen MR) is 79.5 cm³/mol. The Labute approximate surface area is 124 Å². The number of aliphatic hydroxyl groups excluding tert-OH is 1. The molecule has 1 rings (SSSR count). The summed E-state index contributed by atoms with van der Waals surface area (Å²) in [6.45, 7) is 0.292. The van der Waals surface area contributed by atoms with Crippen LogP contribution in [0.1, 0.15) is 28.9 Å². The predicted octanol–water partition coefficient (Wildman–Crippen LogP) is -0.0200. The Morgan fingerprint density at radius 1 is 1.43 bits per heavy atom. The van der Waals surface area contributed by atoms with Crippen molar-refractivity contribution in [1.29, 1.82) is 0 Å². The monoisotopic (exact) mass is 310 g/mol. The van der Waals surface area contributed by atoms with Crippen LogP contribution in [-0.2, 0) is 9.84 Å². The minimum atomic E-state index is -3.00. The number of rotatable bonds is 6. The van der Waals surface area contributed by atoms with Crippen LogP contribution in [0.15, 0.2) is 18.3 Å². The van der Waals surface area contributed by atoms with Crippen LogP contribution in [0.3, 0.4) is 0 Å². The highest BCUT2D eigenvalue weighted by Crippen LogP contribution is 1.99. The minimum Gasteiger partial charge on any atom is -0.395 e. The SMILES string of the molecule is CS(=O)(=O)CCCNC(=O)c1ccc(C#CCCO)cn1. The molecule has 1 aromatic heterocycles. The van der Waals surface area contributed by atoms with Crippen molar-refractivity contribution < 1.29 is 18.3 Å². The molecule has 0 aromatic carbocycles. The molecule has 0 radical (unpaired) electrons. The lowest BCUT2D eigenvalue weighted by molar-refractivity contribution is 0.0948. The van der Waals surface area contributed by atoms with E-state index in [1.165, 1.54) is 6.20 Å². The molecule has 114 valence electrons. The molecule has 1 amide bonds. The van der Waals surface area contributed by atoms with Gasteiger partial charge in [0.05, 0.1) is 12.4 Å². The molecular formula is C14H18N2O4S. The molecule has 0 bridgehead atoms. The van der Waals surface area contributed by atoms with E-state index >= 15 is 0 Å². The zero-order chi connectivity index (χ0) is 15.7. The number of aromatic nitrogens is 1. The Morgan fingerprint density at radius 3 is 2.76 bits per heavy atom. The first kappa shape index (κ1) is 17.1. The molecule has 0 atom stereocenters. The summed E-state index contributed by atoms with van der Waals surface area (Å²) >= 11 is 0. The van der Waals surface area contributed by atoms with E-state index in [4.69, 9.17) is 5.11 Å². The van der Waals surface area contributed by atoms with E-state index in [0.717, 1.165) is 6.26 Å². The molecule has 7 heteroatoms. The Kier molecular flexibility index (Phi) is 6.85. The third kappa shape index (κ3) is 7.44. The molecule has 0 spiro atoms. The Bertz CT molecular complexity index is 627. The molecule has 0 fully saturated rings. The zero-order valence-electron chi connectivity index (χ0n) is 11.8. The smallest absolute Gasteiger partial charge is 0.269 e. The standard InChI is InChI=1S/C14H18N2O4S/c1-21(19,20)10-4-8-15-14(18)13-7-6-12(11-16-13)5-2-3-9-17/h6-7,11,17H,3-4,8-10H2,1H3,(H,15,18). The number of amides is 1. The van der Waals surface area contributed by atoms with Crippen molar-refractivity contribution in [3.8, 4) is 11.8 Å². The lowest BCUT2D eigenvalue weighted by Gasteiger charge is -2.04. The summed E-state index contributed by atoms with van der Waals surface area (Å²) < 4.78 is 21.9. The number of sulfone groups is 1. The summed E-state index contributed by atoms with van der Waals surface area (Å²) in [5, 5.41) is 11.2. The highest BCUT2D eigenvalue weighted by atomic mass is 32.2. The van der Waals surface area contributed by atoms with E-state index in [1.807, 2.05) is 0 Å². The largest absolute Gasteiger partial charge is 0.395 e. The molecule has 1 heterocycles. The average molecular weight is 310 g/mol. The summed E-state index contributed by atoms with van der Waals surface area (Å²) in [6, 6.07) is 3.22. The number of nitrogens with one attached hydrogen (secondary N) is 1. The van der Waals surface area contributed by atoms with E-state index in [2.05, 4.69) is 22.1 Å². The van der Waals surface area contributed by atoms with Crippen LogP contribution in [0.5, 0.6) is 0 Å². The van der Waals surface area contributed by atoms with Gasteiger partial charge in [0.2, 0.25) is 0 Å². The maximum Gasteiger partial charge on any atom is 0.269 e. The number of hydrogen-bond donors (Lipinski definition) is 2. The molecule has 6 nitrogen and oxygen atoms in total. The molecule has 0 saturated heterocycles. The molecule has 2 N–H and O–H groups in total. The van der Waals surface area contributed by atoms with Crippen molar-refractivity contribution in [2.75, 3.05) is 25.2 Å². The molecule has 0 aliphatic heterocycles. The Morgan fingerprint density at radius 2 is 2.19 bits per heavy atom. The van der Waals surface area contributed by atoms with Gasteiger partial charge in [-0.2, -0.15) is 0 Å². The lowest BCUT2D eigenvalue weighted by Crippen LogP contribution is -2.26. The van der Waals surface area contributed by atoms with Gasteiger partial charge in [-0.25, -0.2) is 13.4 Å². The van der Waals surface area contributed by atoms with E-state index < -0.39 is 9.84 Å². The minimum absolute atomic E-state index is 0.00833. The van der Waals surface area contributed by atoms with Crippen molar-refractivity contribution in [3.05, 3.63) is 29.6 Å². The van der Waals surface area contributed by atoms with Gasteiger partial charge in [0.1, 0.15) is 15.5 Å². The van der Waals surface area contributed by atoms with Crippen molar-refractivity contribution in [2.24, 2.45) is 0 Å². The summed E-state index contributed by atoms with van der Waals surface area (Å²) in [7, 11) is -3.00. The van der Waals surface area contributed by atoms with Crippen molar-refractivity contribution in [3.63, 3.8) is 0 Å². The second-order valence-electron chi connectivity index (χ2n) is 4.45. The highest BCUT2D eigenvalue weighted by molar-refractivity contribution is 7.90. The van der Waals surface area contributed by atoms with Gasteiger partial charge in [0.25, 0.3) is 5.91 Å².